The maximum absolute atomic E-state index is 11.2. The molecule has 6 heteroatoms. The van der Waals surface area contributed by atoms with Crippen LogP contribution in [0.4, 0.5) is 4.79 Å². The van der Waals surface area contributed by atoms with Gasteiger partial charge in [0.2, 0.25) is 0 Å². The second kappa shape index (κ2) is 4.61. The van der Waals surface area contributed by atoms with E-state index in [2.05, 4.69) is 0 Å². The summed E-state index contributed by atoms with van der Waals surface area (Å²) in [5.74, 6) is -0.101. The van der Waals surface area contributed by atoms with Gasteiger partial charge in [0, 0.05) is 19.6 Å². The van der Waals surface area contributed by atoms with Gasteiger partial charge in [0.25, 0.3) is 0 Å². The third kappa shape index (κ3) is 1.94. The summed E-state index contributed by atoms with van der Waals surface area (Å²) in [7, 11) is 1.50. The summed E-state index contributed by atoms with van der Waals surface area (Å²) >= 11 is 11.8. The minimum atomic E-state index is -1.03. The van der Waals surface area contributed by atoms with E-state index in [0.29, 0.717) is 16.5 Å². The summed E-state index contributed by atoms with van der Waals surface area (Å²) < 4.78 is 0. The highest BCUT2D eigenvalue weighted by atomic mass is 35.5. The van der Waals surface area contributed by atoms with E-state index in [-0.39, 0.29) is 12.5 Å². The van der Waals surface area contributed by atoms with Gasteiger partial charge in [-0.25, -0.2) is 4.79 Å². The molecule has 1 saturated carbocycles. The number of carboxylic acid groups (broad SMARTS) is 1. The lowest BCUT2D eigenvalue weighted by molar-refractivity contribution is 0.120. The molecular weight excluding hydrogens is 277 g/mol. The van der Waals surface area contributed by atoms with Crippen LogP contribution in [-0.2, 0) is 5.54 Å². The zero-order valence-corrected chi connectivity index (χ0v) is 11.2. The normalized spacial score (nSPS) is 25.9. The fourth-order valence-electron chi connectivity index (χ4n) is 2.43. The van der Waals surface area contributed by atoms with Gasteiger partial charge in [0.05, 0.1) is 15.6 Å². The molecule has 0 saturated heterocycles. The number of nitrogens with zero attached hydrogens (tertiary/aromatic N) is 1. The second-order valence-electron chi connectivity index (χ2n) is 4.48. The maximum Gasteiger partial charge on any atom is 0.407 e. The number of aliphatic hydroxyl groups is 1. The van der Waals surface area contributed by atoms with Gasteiger partial charge in [-0.2, -0.15) is 0 Å². The summed E-state index contributed by atoms with van der Waals surface area (Å²) in [4.78, 5) is 12.4. The highest BCUT2D eigenvalue weighted by molar-refractivity contribution is 6.42. The third-order valence-electron chi connectivity index (χ3n) is 3.60. The van der Waals surface area contributed by atoms with E-state index < -0.39 is 11.6 Å². The molecule has 0 heterocycles. The number of benzene rings is 1. The standard InChI is InChI=1S/C12H13Cl2NO3/c1-15(11(17)18)12(5-8(12)6-16)7-2-3-9(13)10(14)4-7/h2-4,8,16H,5-6H2,1H3,(H,17,18)/t8-,12+/m0/s1. The first kappa shape index (κ1) is 13.5. The zero-order valence-electron chi connectivity index (χ0n) is 9.73. The summed E-state index contributed by atoms with van der Waals surface area (Å²) in [6, 6.07) is 5.06. The molecule has 0 spiro atoms. The van der Waals surface area contributed by atoms with E-state index in [1.165, 1.54) is 11.9 Å². The van der Waals surface area contributed by atoms with Gasteiger partial charge in [0.1, 0.15) is 0 Å². The summed E-state index contributed by atoms with van der Waals surface area (Å²) in [6.45, 7) is -0.0577. The van der Waals surface area contributed by atoms with E-state index in [1.54, 1.807) is 18.2 Å². The predicted molar refractivity (Wildman–Crippen MR) is 69.1 cm³/mol. The Bertz CT molecular complexity index is 494. The van der Waals surface area contributed by atoms with Crippen LogP contribution in [0.1, 0.15) is 12.0 Å². The molecule has 0 bridgehead atoms. The molecule has 2 rings (SSSR count). The van der Waals surface area contributed by atoms with Crippen LogP contribution >= 0.6 is 23.2 Å². The first-order valence-electron chi connectivity index (χ1n) is 5.46. The van der Waals surface area contributed by atoms with Crippen LogP contribution in [0.3, 0.4) is 0 Å². The van der Waals surface area contributed by atoms with Crippen molar-refractivity contribution in [3.63, 3.8) is 0 Å². The first-order valence-corrected chi connectivity index (χ1v) is 6.22. The van der Waals surface area contributed by atoms with E-state index in [0.717, 1.165) is 5.56 Å². The lowest BCUT2D eigenvalue weighted by atomic mass is 10.0. The van der Waals surface area contributed by atoms with Gasteiger partial charge >= 0.3 is 6.09 Å². The molecule has 0 aromatic heterocycles. The van der Waals surface area contributed by atoms with Gasteiger partial charge in [-0.3, -0.25) is 0 Å². The van der Waals surface area contributed by atoms with Gasteiger partial charge < -0.3 is 15.1 Å². The average molecular weight is 290 g/mol. The van der Waals surface area contributed by atoms with Crippen molar-refractivity contribution in [3.8, 4) is 0 Å². The molecule has 0 radical (unpaired) electrons. The van der Waals surface area contributed by atoms with Crippen molar-refractivity contribution in [1.82, 2.24) is 4.90 Å². The minimum absolute atomic E-state index is 0.0577. The Morgan fingerprint density at radius 2 is 2.17 bits per heavy atom. The third-order valence-corrected chi connectivity index (χ3v) is 4.34. The highest BCUT2D eigenvalue weighted by Crippen LogP contribution is 2.56. The Labute approximate surface area is 115 Å². The molecule has 18 heavy (non-hydrogen) atoms. The van der Waals surface area contributed by atoms with Crippen LogP contribution in [0, 0.1) is 5.92 Å². The molecule has 98 valence electrons. The molecule has 1 aliphatic rings. The van der Waals surface area contributed by atoms with E-state index >= 15 is 0 Å². The molecule has 0 aliphatic heterocycles. The first-order chi connectivity index (χ1) is 8.43. The summed E-state index contributed by atoms with van der Waals surface area (Å²) in [5.41, 5.74) is 0.0790. The van der Waals surface area contributed by atoms with Crippen molar-refractivity contribution in [2.45, 2.75) is 12.0 Å². The number of hydrogen-bond acceptors (Lipinski definition) is 2. The molecule has 2 N–H and O–H groups in total. The fraction of sp³-hybridized carbons (Fsp3) is 0.417. The van der Waals surface area contributed by atoms with Crippen LogP contribution in [0.25, 0.3) is 0 Å². The van der Waals surface area contributed by atoms with Gasteiger partial charge in [-0.05, 0) is 24.1 Å². The SMILES string of the molecule is CN(C(=O)O)[C@@]1(c2ccc(Cl)c(Cl)c2)C[C@H]1CO. The fourth-order valence-corrected chi connectivity index (χ4v) is 2.72. The van der Waals surface area contributed by atoms with Gasteiger partial charge in [-0.1, -0.05) is 29.3 Å². The number of halogens is 2. The van der Waals surface area contributed by atoms with E-state index in [4.69, 9.17) is 28.3 Å². The van der Waals surface area contributed by atoms with Crippen molar-refractivity contribution >= 4 is 29.3 Å². The number of carbonyl (C=O) groups is 1. The number of amides is 1. The molecule has 1 aromatic rings. The van der Waals surface area contributed by atoms with Crippen molar-refractivity contribution in [3.05, 3.63) is 33.8 Å². The Balaban J connectivity index is 2.43. The molecule has 2 atom stereocenters. The van der Waals surface area contributed by atoms with Gasteiger partial charge in [0.15, 0.2) is 0 Å². The van der Waals surface area contributed by atoms with Crippen LogP contribution in [0.5, 0.6) is 0 Å². The number of aliphatic hydroxyl groups excluding tert-OH is 1. The molecule has 1 aliphatic carbocycles. The largest absolute Gasteiger partial charge is 0.465 e. The predicted octanol–water partition coefficient (Wildman–Crippen LogP) is 2.81. The summed E-state index contributed by atoms with van der Waals surface area (Å²) in [5, 5.41) is 19.2. The van der Waals surface area contributed by atoms with Crippen molar-refractivity contribution in [2.24, 2.45) is 5.92 Å². The van der Waals surface area contributed by atoms with E-state index in [9.17, 15) is 9.90 Å². The van der Waals surface area contributed by atoms with Crippen LogP contribution in [-0.4, -0.2) is 34.9 Å². The van der Waals surface area contributed by atoms with Crippen LogP contribution in [0.2, 0.25) is 10.0 Å². The van der Waals surface area contributed by atoms with Crippen molar-refractivity contribution < 1.29 is 15.0 Å². The molecular formula is C12H13Cl2NO3. The number of rotatable bonds is 3. The van der Waals surface area contributed by atoms with Crippen molar-refractivity contribution in [2.75, 3.05) is 13.7 Å². The topological polar surface area (TPSA) is 60.8 Å². The van der Waals surface area contributed by atoms with Crippen LogP contribution < -0.4 is 0 Å². The quantitative estimate of drug-likeness (QED) is 0.899. The Morgan fingerprint density at radius 1 is 1.50 bits per heavy atom. The highest BCUT2D eigenvalue weighted by Gasteiger charge is 2.59. The van der Waals surface area contributed by atoms with Crippen molar-refractivity contribution in [1.29, 1.82) is 0 Å². The minimum Gasteiger partial charge on any atom is -0.465 e. The molecule has 4 nitrogen and oxygen atoms in total. The second-order valence-corrected chi connectivity index (χ2v) is 5.29. The van der Waals surface area contributed by atoms with Gasteiger partial charge in [-0.15, -0.1) is 0 Å². The lowest BCUT2D eigenvalue weighted by Crippen LogP contribution is -2.38. The Morgan fingerprint density at radius 3 is 2.61 bits per heavy atom. The number of hydrogen-bond donors (Lipinski definition) is 2. The molecule has 1 amide bonds. The lowest BCUT2D eigenvalue weighted by Gasteiger charge is -2.27. The molecule has 1 fully saturated rings. The van der Waals surface area contributed by atoms with Crippen LogP contribution in [0.15, 0.2) is 18.2 Å². The monoisotopic (exact) mass is 289 g/mol. The zero-order chi connectivity index (χ0) is 13.5. The molecule has 0 unspecified atom stereocenters. The molecule has 1 aromatic carbocycles. The Kier molecular flexibility index (Phi) is 3.45. The smallest absolute Gasteiger partial charge is 0.407 e. The van der Waals surface area contributed by atoms with E-state index in [1.807, 2.05) is 0 Å². The summed E-state index contributed by atoms with van der Waals surface area (Å²) in [6.07, 6.45) is -0.443. The maximum atomic E-state index is 11.2. The average Bonchev–Trinajstić information content (AvgIpc) is 3.07. The Hall–Kier alpha value is -0.970.